The Morgan fingerprint density at radius 2 is 2.00 bits per heavy atom. The van der Waals surface area contributed by atoms with Gasteiger partial charge in [0.05, 0.1) is 31.4 Å². The maximum atomic E-state index is 12.1. The minimum absolute atomic E-state index is 0.316. The summed E-state index contributed by atoms with van der Waals surface area (Å²) in [6.07, 6.45) is 0. The van der Waals surface area contributed by atoms with Crippen LogP contribution in [-0.2, 0) is 4.74 Å². The third kappa shape index (κ3) is 2.82. The van der Waals surface area contributed by atoms with Crippen molar-refractivity contribution in [1.82, 2.24) is 4.98 Å². The zero-order valence-corrected chi connectivity index (χ0v) is 11.8. The number of carbonyl (C=O) groups excluding carboxylic acids is 1. The van der Waals surface area contributed by atoms with Crippen molar-refractivity contribution in [3.63, 3.8) is 0 Å². The van der Waals surface area contributed by atoms with Crippen molar-refractivity contribution >= 4 is 16.9 Å². The maximum absolute atomic E-state index is 12.1. The van der Waals surface area contributed by atoms with Crippen LogP contribution in [0.4, 0.5) is 0 Å². The number of carbonyl (C=O) groups is 1. The molecular weight excluding hydrogens is 258 g/mol. The summed E-state index contributed by atoms with van der Waals surface area (Å²) in [4.78, 5) is 16.4. The van der Waals surface area contributed by atoms with Crippen LogP contribution < -0.4 is 9.47 Å². The molecule has 20 heavy (non-hydrogen) atoms. The maximum Gasteiger partial charge on any atom is 0.339 e. The van der Waals surface area contributed by atoms with E-state index in [9.17, 15) is 4.79 Å². The van der Waals surface area contributed by atoms with Crippen LogP contribution in [0.5, 0.6) is 11.6 Å². The molecule has 0 unspecified atom stereocenters. The van der Waals surface area contributed by atoms with E-state index in [2.05, 4.69) is 4.98 Å². The highest BCUT2D eigenvalue weighted by Crippen LogP contribution is 2.26. The summed E-state index contributed by atoms with van der Waals surface area (Å²) < 4.78 is 15.7. The van der Waals surface area contributed by atoms with Gasteiger partial charge in [-0.25, -0.2) is 9.78 Å². The Kier molecular flexibility index (Phi) is 4.40. The number of nitrogens with zero attached hydrogens (tertiary/aromatic N) is 1. The molecule has 0 aliphatic rings. The molecule has 0 radical (unpaired) electrons. The highest BCUT2D eigenvalue weighted by atomic mass is 16.5. The molecular formula is C15H17NO4. The minimum atomic E-state index is -0.394. The molecule has 0 N–H and O–H groups in total. The van der Waals surface area contributed by atoms with Crippen molar-refractivity contribution in [2.24, 2.45) is 0 Å². The number of methoxy groups -OCH3 is 1. The monoisotopic (exact) mass is 275 g/mol. The minimum Gasteiger partial charge on any atom is -0.497 e. The predicted molar refractivity (Wildman–Crippen MR) is 75.4 cm³/mol. The van der Waals surface area contributed by atoms with Crippen molar-refractivity contribution in [3.8, 4) is 11.6 Å². The van der Waals surface area contributed by atoms with Gasteiger partial charge in [0.1, 0.15) is 5.75 Å². The fraction of sp³-hybridized carbons (Fsp3) is 0.333. The molecule has 0 saturated heterocycles. The van der Waals surface area contributed by atoms with Gasteiger partial charge in [-0.05, 0) is 32.0 Å². The first-order valence-electron chi connectivity index (χ1n) is 6.48. The first kappa shape index (κ1) is 14.1. The predicted octanol–water partition coefficient (Wildman–Crippen LogP) is 2.82. The Hall–Kier alpha value is -2.30. The molecule has 0 atom stereocenters. The van der Waals surface area contributed by atoms with Gasteiger partial charge in [-0.15, -0.1) is 0 Å². The summed E-state index contributed by atoms with van der Waals surface area (Å²) in [6.45, 7) is 4.43. The summed E-state index contributed by atoms with van der Waals surface area (Å²) in [5.41, 5.74) is 1.10. The first-order valence-corrected chi connectivity index (χ1v) is 6.48. The Morgan fingerprint density at radius 3 is 2.65 bits per heavy atom. The van der Waals surface area contributed by atoms with E-state index in [-0.39, 0.29) is 0 Å². The van der Waals surface area contributed by atoms with Crippen molar-refractivity contribution in [2.75, 3.05) is 20.3 Å². The van der Waals surface area contributed by atoms with Crippen LogP contribution in [0.15, 0.2) is 24.3 Å². The molecule has 1 heterocycles. The SMILES string of the molecule is CCOC(=O)c1cc(OCC)nc2ccc(OC)cc12. The lowest BCUT2D eigenvalue weighted by molar-refractivity contribution is 0.0528. The molecule has 0 aliphatic carbocycles. The Balaban J connectivity index is 2.61. The zero-order chi connectivity index (χ0) is 14.5. The second-order valence-corrected chi connectivity index (χ2v) is 4.04. The van der Waals surface area contributed by atoms with Crippen LogP contribution in [0.25, 0.3) is 10.9 Å². The normalized spacial score (nSPS) is 10.3. The van der Waals surface area contributed by atoms with Gasteiger partial charge >= 0.3 is 5.97 Å². The standard InChI is InChI=1S/C15H17NO4/c1-4-19-14-9-12(15(17)20-5-2)11-8-10(18-3)6-7-13(11)16-14/h6-9H,4-5H2,1-3H3. The van der Waals surface area contributed by atoms with Crippen LogP contribution in [0.2, 0.25) is 0 Å². The number of hydrogen-bond donors (Lipinski definition) is 0. The van der Waals surface area contributed by atoms with Crippen LogP contribution in [0, 0.1) is 0 Å². The van der Waals surface area contributed by atoms with E-state index in [1.54, 1.807) is 38.3 Å². The topological polar surface area (TPSA) is 57.7 Å². The van der Waals surface area contributed by atoms with Crippen molar-refractivity contribution in [3.05, 3.63) is 29.8 Å². The number of esters is 1. The lowest BCUT2D eigenvalue weighted by atomic mass is 10.1. The van der Waals surface area contributed by atoms with Crippen LogP contribution in [-0.4, -0.2) is 31.3 Å². The van der Waals surface area contributed by atoms with E-state index in [1.807, 2.05) is 6.92 Å². The number of rotatable bonds is 5. The molecule has 1 aromatic heterocycles. The summed E-state index contributed by atoms with van der Waals surface area (Å²) in [7, 11) is 1.58. The van der Waals surface area contributed by atoms with E-state index in [0.29, 0.717) is 41.3 Å². The summed E-state index contributed by atoms with van der Waals surface area (Å²) in [5.74, 6) is 0.677. The van der Waals surface area contributed by atoms with E-state index in [0.717, 1.165) is 0 Å². The number of aromatic nitrogens is 1. The van der Waals surface area contributed by atoms with Gasteiger partial charge in [-0.1, -0.05) is 0 Å². The largest absolute Gasteiger partial charge is 0.497 e. The van der Waals surface area contributed by atoms with Crippen molar-refractivity contribution in [1.29, 1.82) is 0 Å². The van der Waals surface area contributed by atoms with Gasteiger partial charge in [0.2, 0.25) is 5.88 Å². The molecule has 106 valence electrons. The van der Waals surface area contributed by atoms with Gasteiger partial charge in [-0.2, -0.15) is 0 Å². The van der Waals surface area contributed by atoms with E-state index >= 15 is 0 Å². The number of ether oxygens (including phenoxy) is 3. The summed E-state index contributed by atoms with van der Waals surface area (Å²) in [6, 6.07) is 6.95. The smallest absolute Gasteiger partial charge is 0.339 e. The molecule has 2 rings (SSSR count). The lowest BCUT2D eigenvalue weighted by Gasteiger charge is -2.10. The highest BCUT2D eigenvalue weighted by Gasteiger charge is 2.15. The quantitative estimate of drug-likeness (QED) is 0.785. The first-order chi connectivity index (χ1) is 9.69. The number of benzene rings is 1. The van der Waals surface area contributed by atoms with Gasteiger partial charge < -0.3 is 14.2 Å². The fourth-order valence-corrected chi connectivity index (χ4v) is 1.91. The average molecular weight is 275 g/mol. The number of fused-ring (bicyclic) bond motifs is 1. The Morgan fingerprint density at radius 1 is 1.20 bits per heavy atom. The number of hydrogen-bond acceptors (Lipinski definition) is 5. The molecule has 2 aromatic rings. The Labute approximate surface area is 117 Å². The molecule has 0 fully saturated rings. The van der Waals surface area contributed by atoms with Crippen LogP contribution in [0.1, 0.15) is 24.2 Å². The van der Waals surface area contributed by atoms with Gasteiger partial charge in [-0.3, -0.25) is 0 Å². The third-order valence-corrected chi connectivity index (χ3v) is 2.78. The Bertz CT molecular complexity index is 625. The summed E-state index contributed by atoms with van der Waals surface area (Å²) >= 11 is 0. The molecule has 0 aliphatic heterocycles. The third-order valence-electron chi connectivity index (χ3n) is 2.78. The van der Waals surface area contributed by atoms with E-state index < -0.39 is 5.97 Å². The van der Waals surface area contributed by atoms with Gasteiger partial charge in [0, 0.05) is 11.5 Å². The molecule has 5 nitrogen and oxygen atoms in total. The molecule has 0 spiro atoms. The molecule has 0 bridgehead atoms. The van der Waals surface area contributed by atoms with Crippen molar-refractivity contribution < 1.29 is 19.0 Å². The molecule has 0 saturated carbocycles. The second-order valence-electron chi connectivity index (χ2n) is 4.04. The average Bonchev–Trinajstić information content (AvgIpc) is 2.46. The van der Waals surface area contributed by atoms with Crippen molar-refractivity contribution in [2.45, 2.75) is 13.8 Å². The zero-order valence-electron chi connectivity index (χ0n) is 11.8. The lowest BCUT2D eigenvalue weighted by Crippen LogP contribution is -2.07. The molecule has 5 heteroatoms. The van der Waals surface area contributed by atoms with Gasteiger partial charge in [0.15, 0.2) is 0 Å². The summed E-state index contributed by atoms with van der Waals surface area (Å²) in [5, 5.41) is 0.686. The molecule has 1 aromatic carbocycles. The van der Waals surface area contributed by atoms with Gasteiger partial charge in [0.25, 0.3) is 0 Å². The van der Waals surface area contributed by atoms with E-state index in [4.69, 9.17) is 14.2 Å². The van der Waals surface area contributed by atoms with E-state index in [1.165, 1.54) is 0 Å². The fourth-order valence-electron chi connectivity index (χ4n) is 1.91. The second kappa shape index (κ2) is 6.23. The number of pyridine rings is 1. The highest BCUT2D eigenvalue weighted by molar-refractivity contribution is 6.04. The van der Waals surface area contributed by atoms with Crippen LogP contribution in [0.3, 0.4) is 0 Å². The molecule has 0 amide bonds. The van der Waals surface area contributed by atoms with Crippen LogP contribution >= 0.6 is 0 Å².